The van der Waals surface area contributed by atoms with Gasteiger partial charge in [0.2, 0.25) is 0 Å². The molecule has 2 bridgehead atoms. The Hall–Kier alpha value is -2.69. The number of carboxylic acid groups (broad SMARTS) is 1. The second-order valence-electron chi connectivity index (χ2n) is 5.88. The second-order valence-corrected chi connectivity index (χ2v) is 5.88. The van der Waals surface area contributed by atoms with Crippen LogP contribution in [0.25, 0.3) is 0 Å². The molecule has 0 saturated carbocycles. The molecule has 0 fully saturated rings. The van der Waals surface area contributed by atoms with Gasteiger partial charge < -0.3 is 5.11 Å². The Balaban J connectivity index is 2.16. The van der Waals surface area contributed by atoms with Gasteiger partial charge in [-0.2, -0.15) is 0 Å². The van der Waals surface area contributed by atoms with Crippen LogP contribution in [0.15, 0.2) is 48.5 Å². The highest BCUT2D eigenvalue weighted by Crippen LogP contribution is 2.59. The summed E-state index contributed by atoms with van der Waals surface area (Å²) in [4.78, 5) is 23.5. The summed E-state index contributed by atoms with van der Waals surface area (Å²) in [6.45, 7) is 0. The van der Waals surface area contributed by atoms with Gasteiger partial charge in [-0.15, -0.1) is 0 Å². The molecule has 3 aliphatic carbocycles. The highest BCUT2D eigenvalue weighted by atomic mass is 16.6. The monoisotopic (exact) mass is 295 g/mol. The average molecular weight is 295 g/mol. The van der Waals surface area contributed by atoms with Crippen molar-refractivity contribution in [2.24, 2.45) is 5.92 Å². The van der Waals surface area contributed by atoms with Crippen molar-refractivity contribution in [3.8, 4) is 0 Å². The van der Waals surface area contributed by atoms with Gasteiger partial charge in [0.1, 0.15) is 5.92 Å². The van der Waals surface area contributed by atoms with E-state index in [1.807, 2.05) is 24.3 Å². The minimum absolute atomic E-state index is 0.0877. The third-order valence-corrected chi connectivity index (χ3v) is 5.06. The number of hydrogen-bond acceptors (Lipinski definition) is 3. The number of benzene rings is 2. The quantitative estimate of drug-likeness (QED) is 0.682. The first-order chi connectivity index (χ1) is 10.6. The lowest BCUT2D eigenvalue weighted by Crippen LogP contribution is -2.54. The van der Waals surface area contributed by atoms with Crippen LogP contribution in [0.1, 0.15) is 34.6 Å². The molecule has 5 heteroatoms. The zero-order valence-corrected chi connectivity index (χ0v) is 11.6. The molecule has 1 atom stereocenters. The number of carbonyl (C=O) groups is 1. The molecular formula is C17H13NO4. The Labute approximate surface area is 126 Å². The molecule has 1 unspecified atom stereocenters. The smallest absolute Gasteiger partial charge is 0.314 e. The van der Waals surface area contributed by atoms with Crippen LogP contribution in [0, 0.1) is 16.0 Å². The molecule has 22 heavy (non-hydrogen) atoms. The molecule has 2 aromatic rings. The molecule has 2 aromatic carbocycles. The van der Waals surface area contributed by atoms with E-state index in [1.165, 1.54) is 0 Å². The molecule has 3 aliphatic rings. The summed E-state index contributed by atoms with van der Waals surface area (Å²) >= 11 is 0. The number of nitrogens with zero attached hydrogens (tertiary/aromatic N) is 1. The van der Waals surface area contributed by atoms with Crippen molar-refractivity contribution in [2.75, 3.05) is 0 Å². The van der Waals surface area contributed by atoms with Crippen molar-refractivity contribution in [1.82, 2.24) is 0 Å². The summed E-state index contributed by atoms with van der Waals surface area (Å²) in [5.74, 6) is -2.24. The van der Waals surface area contributed by atoms with E-state index in [0.29, 0.717) is 11.1 Å². The molecule has 0 radical (unpaired) electrons. The predicted octanol–water partition coefficient (Wildman–Crippen LogP) is 2.76. The first kappa shape index (κ1) is 13.0. The SMILES string of the molecule is O=C(O)C1CC2c3ccccc3C1([N+](=O)[O-])c1ccccc12. The largest absolute Gasteiger partial charge is 0.481 e. The molecule has 5 rings (SSSR count). The Morgan fingerprint density at radius 3 is 2.05 bits per heavy atom. The van der Waals surface area contributed by atoms with E-state index in [1.54, 1.807) is 24.3 Å². The van der Waals surface area contributed by atoms with Crippen molar-refractivity contribution in [3.05, 3.63) is 80.9 Å². The fraction of sp³-hybridized carbons (Fsp3) is 0.235. The Bertz CT molecular complexity index is 766. The molecule has 5 nitrogen and oxygen atoms in total. The van der Waals surface area contributed by atoms with Crippen LogP contribution >= 0.6 is 0 Å². The molecule has 0 amide bonds. The number of hydrogen-bond donors (Lipinski definition) is 1. The maximum absolute atomic E-state index is 12.1. The van der Waals surface area contributed by atoms with Crippen molar-refractivity contribution in [2.45, 2.75) is 17.9 Å². The first-order valence-corrected chi connectivity index (χ1v) is 7.14. The Kier molecular flexibility index (Phi) is 2.46. The molecule has 0 aliphatic heterocycles. The number of nitro groups is 1. The Morgan fingerprint density at radius 2 is 1.59 bits per heavy atom. The molecule has 0 spiro atoms. The summed E-state index contributed by atoms with van der Waals surface area (Å²) in [7, 11) is 0. The second kappa shape index (κ2) is 4.16. The fourth-order valence-electron chi connectivity index (χ4n) is 4.25. The van der Waals surface area contributed by atoms with Crippen molar-refractivity contribution < 1.29 is 14.8 Å². The number of fused-ring (bicyclic) bond motifs is 1. The topological polar surface area (TPSA) is 80.4 Å². The summed E-state index contributed by atoms with van der Waals surface area (Å²) in [6.07, 6.45) is 0.268. The van der Waals surface area contributed by atoms with Gasteiger partial charge in [-0.1, -0.05) is 48.5 Å². The lowest BCUT2D eigenvalue weighted by atomic mass is 9.55. The van der Waals surface area contributed by atoms with Gasteiger partial charge in [-0.05, 0) is 17.5 Å². The standard InChI is InChI=1S/C17H13NO4/c19-16(20)15-9-12-10-5-1-3-7-13(10)17(15,18(21)22)14-8-4-2-6-11(12)14/h1-8,12,15H,9H2,(H,19,20). The van der Waals surface area contributed by atoms with Gasteiger partial charge >= 0.3 is 5.97 Å². The summed E-state index contributed by atoms with van der Waals surface area (Å²) < 4.78 is 0. The van der Waals surface area contributed by atoms with Gasteiger partial charge in [-0.3, -0.25) is 14.9 Å². The molecule has 0 aromatic heterocycles. The van der Waals surface area contributed by atoms with Crippen LogP contribution in [-0.4, -0.2) is 16.0 Å². The van der Waals surface area contributed by atoms with E-state index in [0.717, 1.165) is 11.1 Å². The third-order valence-electron chi connectivity index (χ3n) is 5.06. The fourth-order valence-corrected chi connectivity index (χ4v) is 4.25. The normalized spacial score (nSPS) is 27.8. The van der Waals surface area contributed by atoms with Crippen molar-refractivity contribution in [3.63, 3.8) is 0 Å². The van der Waals surface area contributed by atoms with Gasteiger partial charge in [0, 0.05) is 22.0 Å². The van der Waals surface area contributed by atoms with Gasteiger partial charge in [-0.25, -0.2) is 0 Å². The minimum atomic E-state index is -1.69. The average Bonchev–Trinajstić information content (AvgIpc) is 2.54. The molecular weight excluding hydrogens is 282 g/mol. The number of aliphatic carboxylic acids is 1. The van der Waals surface area contributed by atoms with Crippen molar-refractivity contribution in [1.29, 1.82) is 0 Å². The molecule has 1 N–H and O–H groups in total. The van der Waals surface area contributed by atoms with Crippen molar-refractivity contribution >= 4 is 5.97 Å². The van der Waals surface area contributed by atoms with Gasteiger partial charge in [0.15, 0.2) is 0 Å². The van der Waals surface area contributed by atoms with E-state index in [4.69, 9.17) is 0 Å². The van der Waals surface area contributed by atoms with Crippen LogP contribution in [0.4, 0.5) is 0 Å². The highest BCUT2D eigenvalue weighted by molar-refractivity contribution is 5.77. The first-order valence-electron chi connectivity index (χ1n) is 7.14. The van der Waals surface area contributed by atoms with Crippen LogP contribution in [-0.2, 0) is 10.3 Å². The summed E-state index contributed by atoms with van der Waals surface area (Å²) in [5.41, 5.74) is 1.14. The van der Waals surface area contributed by atoms with Crippen LogP contribution in [0.5, 0.6) is 0 Å². The molecule has 0 heterocycles. The molecule has 0 saturated heterocycles. The summed E-state index contributed by atoms with van der Waals surface area (Å²) in [5, 5.41) is 21.7. The van der Waals surface area contributed by atoms with E-state index < -0.39 is 22.3 Å². The third kappa shape index (κ3) is 1.31. The number of rotatable bonds is 2. The lowest BCUT2D eigenvalue weighted by Gasteiger charge is -2.46. The highest BCUT2D eigenvalue weighted by Gasteiger charge is 2.65. The van der Waals surface area contributed by atoms with E-state index in [-0.39, 0.29) is 12.3 Å². The molecule has 110 valence electrons. The number of carboxylic acids is 1. The van der Waals surface area contributed by atoms with Gasteiger partial charge in [0.25, 0.3) is 5.54 Å². The minimum Gasteiger partial charge on any atom is -0.481 e. The van der Waals surface area contributed by atoms with Crippen LogP contribution in [0.3, 0.4) is 0 Å². The maximum atomic E-state index is 12.1. The zero-order valence-electron chi connectivity index (χ0n) is 11.6. The van der Waals surface area contributed by atoms with E-state index in [2.05, 4.69) is 0 Å². The van der Waals surface area contributed by atoms with E-state index >= 15 is 0 Å². The summed E-state index contributed by atoms with van der Waals surface area (Å²) in [6, 6.07) is 14.4. The van der Waals surface area contributed by atoms with Crippen LogP contribution < -0.4 is 0 Å². The predicted molar refractivity (Wildman–Crippen MR) is 78.2 cm³/mol. The van der Waals surface area contributed by atoms with Crippen LogP contribution in [0.2, 0.25) is 0 Å². The Morgan fingerprint density at radius 1 is 1.09 bits per heavy atom. The van der Waals surface area contributed by atoms with Gasteiger partial charge in [0.05, 0.1) is 0 Å². The zero-order chi connectivity index (χ0) is 15.5. The lowest BCUT2D eigenvalue weighted by molar-refractivity contribution is -0.577. The maximum Gasteiger partial charge on any atom is 0.314 e. The van der Waals surface area contributed by atoms with E-state index in [9.17, 15) is 20.0 Å².